The predicted molar refractivity (Wildman–Crippen MR) is 69.8 cm³/mol. The molecule has 1 aromatic rings. The van der Waals surface area contributed by atoms with Gasteiger partial charge >= 0.3 is 0 Å². The number of aromatic nitrogens is 1. The standard InChI is InChI=1S/C14H22N2O/c1-2-3-6-12(17)11-16-10-5-8-14(16)13-7-4-9-15-13/h2,4,7,9,12,14-15,17H,1,3,5-6,8,10-11H2. The van der Waals surface area contributed by atoms with Gasteiger partial charge in [-0.25, -0.2) is 0 Å². The highest BCUT2D eigenvalue weighted by Gasteiger charge is 2.27. The van der Waals surface area contributed by atoms with Crippen molar-refractivity contribution >= 4 is 0 Å². The maximum Gasteiger partial charge on any atom is 0.0670 e. The first-order valence-corrected chi connectivity index (χ1v) is 6.47. The number of aliphatic hydroxyl groups excluding tert-OH is 1. The lowest BCUT2D eigenvalue weighted by atomic mass is 10.1. The second kappa shape index (κ2) is 6.03. The smallest absolute Gasteiger partial charge is 0.0670 e. The van der Waals surface area contributed by atoms with Crippen molar-refractivity contribution in [2.75, 3.05) is 13.1 Å². The molecule has 1 aromatic heterocycles. The average molecular weight is 234 g/mol. The van der Waals surface area contributed by atoms with Crippen LogP contribution in [0.2, 0.25) is 0 Å². The summed E-state index contributed by atoms with van der Waals surface area (Å²) in [6, 6.07) is 4.64. The molecule has 2 rings (SSSR count). The lowest BCUT2D eigenvalue weighted by molar-refractivity contribution is 0.0989. The first-order valence-electron chi connectivity index (χ1n) is 6.47. The highest BCUT2D eigenvalue weighted by molar-refractivity contribution is 5.11. The van der Waals surface area contributed by atoms with Crippen LogP contribution in [0.4, 0.5) is 0 Å². The zero-order chi connectivity index (χ0) is 12.1. The minimum absolute atomic E-state index is 0.233. The van der Waals surface area contributed by atoms with Crippen LogP contribution in [0.25, 0.3) is 0 Å². The van der Waals surface area contributed by atoms with Crippen LogP contribution in [-0.4, -0.2) is 34.2 Å². The van der Waals surface area contributed by atoms with Gasteiger partial charge in [-0.3, -0.25) is 4.90 Å². The highest BCUT2D eigenvalue weighted by Crippen LogP contribution is 2.30. The highest BCUT2D eigenvalue weighted by atomic mass is 16.3. The Balaban J connectivity index is 1.89. The van der Waals surface area contributed by atoms with Crippen molar-refractivity contribution in [3.05, 3.63) is 36.7 Å². The summed E-state index contributed by atoms with van der Waals surface area (Å²) in [6.07, 6.45) is 7.73. The number of hydrogen-bond donors (Lipinski definition) is 2. The van der Waals surface area contributed by atoms with Crippen LogP contribution < -0.4 is 0 Å². The van der Waals surface area contributed by atoms with Crippen LogP contribution in [0.1, 0.15) is 37.4 Å². The summed E-state index contributed by atoms with van der Waals surface area (Å²) < 4.78 is 0. The molecule has 94 valence electrons. The third-order valence-electron chi connectivity index (χ3n) is 3.49. The summed E-state index contributed by atoms with van der Waals surface area (Å²) in [5.74, 6) is 0. The van der Waals surface area contributed by atoms with E-state index in [2.05, 4.69) is 22.5 Å². The molecule has 0 amide bonds. The number of aromatic amines is 1. The third kappa shape index (κ3) is 3.20. The summed E-state index contributed by atoms with van der Waals surface area (Å²) in [4.78, 5) is 5.67. The Labute approximate surface area is 103 Å². The van der Waals surface area contributed by atoms with Gasteiger partial charge in [0.25, 0.3) is 0 Å². The molecule has 0 saturated carbocycles. The number of nitrogens with one attached hydrogen (secondary N) is 1. The van der Waals surface area contributed by atoms with Crippen LogP contribution >= 0.6 is 0 Å². The van der Waals surface area contributed by atoms with Crippen molar-refractivity contribution in [2.45, 2.75) is 37.8 Å². The minimum Gasteiger partial charge on any atom is -0.392 e. The second-order valence-electron chi connectivity index (χ2n) is 4.80. The molecule has 1 aliphatic heterocycles. The van der Waals surface area contributed by atoms with Gasteiger partial charge in [0.1, 0.15) is 0 Å². The molecule has 3 heteroatoms. The van der Waals surface area contributed by atoms with E-state index in [0.717, 1.165) is 25.9 Å². The molecule has 0 aliphatic carbocycles. The van der Waals surface area contributed by atoms with Crippen LogP contribution in [0.3, 0.4) is 0 Å². The number of rotatable bonds is 6. The number of H-pyrrole nitrogens is 1. The topological polar surface area (TPSA) is 39.3 Å². The molecular formula is C14H22N2O. The van der Waals surface area contributed by atoms with Gasteiger partial charge in [0, 0.05) is 24.5 Å². The number of nitrogens with zero attached hydrogens (tertiary/aromatic N) is 1. The molecule has 0 bridgehead atoms. The van der Waals surface area contributed by atoms with Gasteiger partial charge in [0.15, 0.2) is 0 Å². The van der Waals surface area contributed by atoms with Gasteiger partial charge in [0.05, 0.1) is 6.10 Å². The molecule has 0 radical (unpaired) electrons. The van der Waals surface area contributed by atoms with E-state index in [1.165, 1.54) is 18.5 Å². The zero-order valence-corrected chi connectivity index (χ0v) is 10.3. The van der Waals surface area contributed by atoms with Crippen molar-refractivity contribution < 1.29 is 5.11 Å². The maximum atomic E-state index is 9.96. The largest absolute Gasteiger partial charge is 0.392 e. The first kappa shape index (κ1) is 12.4. The molecule has 1 aliphatic rings. The van der Waals surface area contributed by atoms with Crippen molar-refractivity contribution in [3.8, 4) is 0 Å². The Hall–Kier alpha value is -1.06. The lowest BCUT2D eigenvalue weighted by Gasteiger charge is -2.26. The van der Waals surface area contributed by atoms with E-state index in [1.807, 2.05) is 18.3 Å². The number of aliphatic hydroxyl groups is 1. The van der Waals surface area contributed by atoms with Gasteiger partial charge in [-0.1, -0.05) is 6.08 Å². The summed E-state index contributed by atoms with van der Waals surface area (Å²) in [6.45, 7) is 5.56. The number of allylic oxidation sites excluding steroid dienone is 1. The van der Waals surface area contributed by atoms with Gasteiger partial charge in [-0.15, -0.1) is 6.58 Å². The molecule has 0 spiro atoms. The molecule has 3 nitrogen and oxygen atoms in total. The maximum absolute atomic E-state index is 9.96. The van der Waals surface area contributed by atoms with E-state index in [0.29, 0.717) is 6.04 Å². The van der Waals surface area contributed by atoms with Gasteiger partial charge in [0.2, 0.25) is 0 Å². The molecule has 2 heterocycles. The fourth-order valence-corrected chi connectivity index (χ4v) is 2.62. The summed E-state index contributed by atoms with van der Waals surface area (Å²) in [5.41, 5.74) is 1.28. The molecule has 1 fully saturated rings. The molecule has 2 unspecified atom stereocenters. The summed E-state index contributed by atoms with van der Waals surface area (Å²) in [5, 5.41) is 9.96. The summed E-state index contributed by atoms with van der Waals surface area (Å²) in [7, 11) is 0. The minimum atomic E-state index is -0.233. The Morgan fingerprint density at radius 2 is 2.53 bits per heavy atom. The van der Waals surface area contributed by atoms with Crippen molar-refractivity contribution in [1.82, 2.24) is 9.88 Å². The van der Waals surface area contributed by atoms with Crippen molar-refractivity contribution in [1.29, 1.82) is 0 Å². The quantitative estimate of drug-likeness (QED) is 0.742. The average Bonchev–Trinajstić information content (AvgIpc) is 2.95. The van der Waals surface area contributed by atoms with E-state index in [1.54, 1.807) is 0 Å². The fraction of sp³-hybridized carbons (Fsp3) is 0.571. The first-order chi connectivity index (χ1) is 8.31. The molecule has 0 aromatic carbocycles. The fourth-order valence-electron chi connectivity index (χ4n) is 2.62. The van der Waals surface area contributed by atoms with Crippen molar-refractivity contribution in [2.24, 2.45) is 0 Å². The third-order valence-corrected chi connectivity index (χ3v) is 3.49. The molecule has 2 atom stereocenters. The Morgan fingerprint density at radius 3 is 3.24 bits per heavy atom. The van der Waals surface area contributed by atoms with E-state index in [9.17, 15) is 5.11 Å². The number of hydrogen-bond acceptors (Lipinski definition) is 2. The van der Waals surface area contributed by atoms with Gasteiger partial charge in [-0.2, -0.15) is 0 Å². The zero-order valence-electron chi connectivity index (χ0n) is 10.3. The number of β-amino-alcohol motifs (C(OH)–C–C–N with tert-alkyl or cyclic N) is 1. The van der Waals surface area contributed by atoms with Crippen molar-refractivity contribution in [3.63, 3.8) is 0 Å². The van der Waals surface area contributed by atoms with Gasteiger partial charge < -0.3 is 10.1 Å². The Kier molecular flexibility index (Phi) is 4.40. The van der Waals surface area contributed by atoms with Crippen LogP contribution in [-0.2, 0) is 0 Å². The van der Waals surface area contributed by atoms with Gasteiger partial charge in [-0.05, 0) is 44.4 Å². The number of likely N-dealkylation sites (tertiary alicyclic amines) is 1. The molecule has 2 N–H and O–H groups in total. The SMILES string of the molecule is C=CCCC(O)CN1CCCC1c1ccc[nH]1. The van der Waals surface area contributed by atoms with E-state index >= 15 is 0 Å². The predicted octanol–water partition coefficient (Wildman–Crippen LogP) is 2.48. The van der Waals surface area contributed by atoms with E-state index < -0.39 is 0 Å². The summed E-state index contributed by atoms with van der Waals surface area (Å²) >= 11 is 0. The van der Waals surface area contributed by atoms with E-state index in [-0.39, 0.29) is 6.10 Å². The molecular weight excluding hydrogens is 212 g/mol. The normalized spacial score (nSPS) is 22.8. The second-order valence-corrected chi connectivity index (χ2v) is 4.80. The monoisotopic (exact) mass is 234 g/mol. The van der Waals surface area contributed by atoms with Crippen LogP contribution in [0.15, 0.2) is 31.0 Å². The molecule has 1 saturated heterocycles. The Bertz CT molecular complexity index is 334. The van der Waals surface area contributed by atoms with Crippen LogP contribution in [0, 0.1) is 0 Å². The molecule has 17 heavy (non-hydrogen) atoms. The van der Waals surface area contributed by atoms with Crippen LogP contribution in [0.5, 0.6) is 0 Å². The lowest BCUT2D eigenvalue weighted by Crippen LogP contribution is -2.32. The van der Waals surface area contributed by atoms with E-state index in [4.69, 9.17) is 0 Å². The Morgan fingerprint density at radius 1 is 1.65 bits per heavy atom.